The van der Waals surface area contributed by atoms with E-state index < -0.39 is 9.84 Å². The molecule has 2 N–H and O–H groups in total. The van der Waals surface area contributed by atoms with Gasteiger partial charge in [0.15, 0.2) is 9.84 Å². The second-order valence-electron chi connectivity index (χ2n) is 4.38. The van der Waals surface area contributed by atoms with Gasteiger partial charge < -0.3 is 10.3 Å². The van der Waals surface area contributed by atoms with Gasteiger partial charge in [-0.2, -0.15) is 0 Å². The minimum Gasteiger partial charge on any atom is -0.367 e. The number of sulfone groups is 1. The molecule has 6 heteroatoms. The van der Waals surface area contributed by atoms with Crippen molar-refractivity contribution in [2.75, 3.05) is 5.75 Å². The Kier molecular flexibility index (Phi) is 4.57. The van der Waals surface area contributed by atoms with E-state index >= 15 is 0 Å². The monoisotopic (exact) mass is 292 g/mol. The molecule has 0 saturated carbocycles. The molecule has 0 saturated heterocycles. The van der Waals surface area contributed by atoms with E-state index in [9.17, 15) is 13.2 Å². The zero-order chi connectivity index (χ0) is 14.4. The molecule has 0 aliphatic carbocycles. The summed E-state index contributed by atoms with van der Waals surface area (Å²) in [5.74, 6) is -0.457. The predicted molar refractivity (Wildman–Crippen MR) is 75.8 cm³/mol. The molecular weight excluding hydrogens is 276 g/mol. The van der Waals surface area contributed by atoms with E-state index in [1.165, 1.54) is 12.1 Å². The van der Waals surface area contributed by atoms with Gasteiger partial charge in [0.1, 0.15) is 0 Å². The number of aromatic nitrogens is 1. The number of hydrogen-bond acceptors (Lipinski definition) is 3. The predicted octanol–water partition coefficient (Wildman–Crippen LogP) is 1.49. The lowest BCUT2D eigenvalue weighted by Gasteiger charge is -2.05. The Morgan fingerprint density at radius 3 is 2.55 bits per heavy atom. The molecule has 2 rings (SSSR count). The van der Waals surface area contributed by atoms with E-state index in [0.29, 0.717) is 6.54 Å². The Morgan fingerprint density at radius 1 is 1.15 bits per heavy atom. The zero-order valence-electron chi connectivity index (χ0n) is 10.9. The highest BCUT2D eigenvalue weighted by Crippen LogP contribution is 2.11. The third-order valence-corrected chi connectivity index (χ3v) is 4.58. The summed E-state index contributed by atoms with van der Waals surface area (Å²) in [5.41, 5.74) is 0.948. The molecule has 0 unspecified atom stereocenters. The standard InChI is InChI=1S/C14H16N2O3S/c17-14(16-11-12-6-8-15-10-12)7-9-20(18,19)13-4-2-1-3-5-13/h1-6,8,10,15H,7,9,11H2,(H,16,17). The molecule has 1 aromatic heterocycles. The lowest BCUT2D eigenvalue weighted by atomic mass is 10.3. The van der Waals surface area contributed by atoms with E-state index in [4.69, 9.17) is 0 Å². The van der Waals surface area contributed by atoms with Gasteiger partial charge in [-0.05, 0) is 23.8 Å². The Bertz CT molecular complexity index is 649. The molecule has 1 heterocycles. The van der Waals surface area contributed by atoms with Crippen LogP contribution in [0.1, 0.15) is 12.0 Å². The average molecular weight is 292 g/mol. The van der Waals surface area contributed by atoms with Gasteiger partial charge in [-0.3, -0.25) is 4.79 Å². The first kappa shape index (κ1) is 14.3. The van der Waals surface area contributed by atoms with Crippen LogP contribution in [0.2, 0.25) is 0 Å². The third kappa shape index (κ3) is 3.96. The molecule has 0 atom stereocenters. The molecule has 0 spiro atoms. The minimum atomic E-state index is -3.39. The van der Waals surface area contributed by atoms with Crippen LogP contribution in [0.3, 0.4) is 0 Å². The second-order valence-corrected chi connectivity index (χ2v) is 6.49. The van der Waals surface area contributed by atoms with Crippen LogP contribution in [-0.4, -0.2) is 25.1 Å². The van der Waals surface area contributed by atoms with Crippen LogP contribution in [0.5, 0.6) is 0 Å². The van der Waals surface area contributed by atoms with Crippen molar-refractivity contribution in [2.24, 2.45) is 0 Å². The fourth-order valence-corrected chi connectivity index (χ4v) is 2.99. The molecule has 106 valence electrons. The summed E-state index contributed by atoms with van der Waals surface area (Å²) in [7, 11) is -3.39. The zero-order valence-corrected chi connectivity index (χ0v) is 11.7. The average Bonchev–Trinajstić information content (AvgIpc) is 2.97. The quantitative estimate of drug-likeness (QED) is 0.846. The number of H-pyrrole nitrogens is 1. The number of hydrogen-bond donors (Lipinski definition) is 2. The summed E-state index contributed by atoms with van der Waals surface area (Å²) in [4.78, 5) is 14.8. The molecule has 0 aliphatic heterocycles. The van der Waals surface area contributed by atoms with Crippen molar-refractivity contribution in [1.82, 2.24) is 10.3 Å². The van der Waals surface area contributed by atoms with Crippen LogP contribution >= 0.6 is 0 Å². The van der Waals surface area contributed by atoms with Crippen molar-refractivity contribution < 1.29 is 13.2 Å². The largest absolute Gasteiger partial charge is 0.367 e. The Labute approximate surface area is 117 Å². The lowest BCUT2D eigenvalue weighted by molar-refractivity contribution is -0.120. The summed E-state index contributed by atoms with van der Waals surface area (Å²) in [6.07, 6.45) is 3.50. The van der Waals surface area contributed by atoms with E-state index in [2.05, 4.69) is 10.3 Å². The number of carbonyl (C=O) groups is 1. The highest BCUT2D eigenvalue weighted by Gasteiger charge is 2.15. The molecule has 0 fully saturated rings. The number of nitrogens with one attached hydrogen (secondary N) is 2. The van der Waals surface area contributed by atoms with Gasteiger partial charge in [-0.1, -0.05) is 18.2 Å². The van der Waals surface area contributed by atoms with Crippen molar-refractivity contribution in [3.63, 3.8) is 0 Å². The van der Waals surface area contributed by atoms with Crippen LogP contribution < -0.4 is 5.32 Å². The molecule has 1 aromatic carbocycles. The maximum Gasteiger partial charge on any atom is 0.221 e. The van der Waals surface area contributed by atoms with Gasteiger partial charge in [-0.15, -0.1) is 0 Å². The van der Waals surface area contributed by atoms with Gasteiger partial charge in [-0.25, -0.2) is 8.42 Å². The summed E-state index contributed by atoms with van der Waals surface area (Å²) in [6, 6.07) is 10.0. The first-order valence-electron chi connectivity index (χ1n) is 6.24. The molecule has 0 radical (unpaired) electrons. The van der Waals surface area contributed by atoms with E-state index in [1.54, 1.807) is 30.6 Å². The number of carbonyl (C=O) groups excluding carboxylic acids is 1. The van der Waals surface area contributed by atoms with Crippen LogP contribution in [0.15, 0.2) is 53.7 Å². The summed E-state index contributed by atoms with van der Waals surface area (Å²) in [6.45, 7) is 0.397. The van der Waals surface area contributed by atoms with Crippen molar-refractivity contribution in [1.29, 1.82) is 0 Å². The summed E-state index contributed by atoms with van der Waals surface area (Å²) < 4.78 is 24.0. The SMILES string of the molecule is O=C(CCS(=O)(=O)c1ccccc1)NCc1cc[nH]c1. The van der Waals surface area contributed by atoms with Gasteiger partial charge in [0.05, 0.1) is 10.6 Å². The fraction of sp³-hybridized carbons (Fsp3) is 0.214. The Hall–Kier alpha value is -2.08. The van der Waals surface area contributed by atoms with Crippen molar-refractivity contribution >= 4 is 15.7 Å². The fourth-order valence-electron chi connectivity index (χ4n) is 1.73. The second kappa shape index (κ2) is 6.38. The highest BCUT2D eigenvalue weighted by molar-refractivity contribution is 7.91. The number of rotatable bonds is 6. The molecule has 5 nitrogen and oxygen atoms in total. The molecular formula is C14H16N2O3S. The molecule has 1 amide bonds. The third-order valence-electron chi connectivity index (χ3n) is 2.85. The topological polar surface area (TPSA) is 79.0 Å². The van der Waals surface area contributed by atoms with Crippen molar-refractivity contribution in [3.8, 4) is 0 Å². The minimum absolute atomic E-state index is 0.0400. The smallest absolute Gasteiger partial charge is 0.221 e. The summed E-state index contributed by atoms with van der Waals surface area (Å²) in [5, 5.41) is 2.69. The maximum absolute atomic E-state index is 12.0. The normalized spacial score (nSPS) is 11.2. The van der Waals surface area contributed by atoms with Crippen LogP contribution in [0.25, 0.3) is 0 Å². The Balaban J connectivity index is 1.84. The van der Waals surface area contributed by atoms with E-state index in [1.807, 2.05) is 6.07 Å². The first-order chi connectivity index (χ1) is 9.58. The number of benzene rings is 1. The number of amides is 1. The molecule has 0 bridgehead atoms. The summed E-state index contributed by atoms with van der Waals surface area (Å²) >= 11 is 0. The molecule has 20 heavy (non-hydrogen) atoms. The Morgan fingerprint density at radius 2 is 1.90 bits per heavy atom. The van der Waals surface area contributed by atoms with Gasteiger partial charge in [0.25, 0.3) is 0 Å². The first-order valence-corrected chi connectivity index (χ1v) is 7.89. The highest BCUT2D eigenvalue weighted by atomic mass is 32.2. The maximum atomic E-state index is 12.0. The molecule has 0 aliphatic rings. The van der Waals surface area contributed by atoms with Gasteiger partial charge >= 0.3 is 0 Å². The van der Waals surface area contributed by atoms with Crippen LogP contribution in [-0.2, 0) is 21.2 Å². The van der Waals surface area contributed by atoms with Crippen molar-refractivity contribution in [2.45, 2.75) is 17.9 Å². The lowest BCUT2D eigenvalue weighted by Crippen LogP contribution is -2.25. The van der Waals surface area contributed by atoms with Crippen LogP contribution in [0.4, 0.5) is 0 Å². The molecule has 2 aromatic rings. The number of aromatic amines is 1. The van der Waals surface area contributed by atoms with Gasteiger partial charge in [0, 0.05) is 25.4 Å². The van der Waals surface area contributed by atoms with Crippen molar-refractivity contribution in [3.05, 3.63) is 54.4 Å². The van der Waals surface area contributed by atoms with Gasteiger partial charge in [0.2, 0.25) is 5.91 Å². The van der Waals surface area contributed by atoms with E-state index in [-0.39, 0.29) is 23.0 Å². The van der Waals surface area contributed by atoms with E-state index in [0.717, 1.165) is 5.56 Å². The van der Waals surface area contributed by atoms with Crippen LogP contribution in [0, 0.1) is 0 Å².